The summed E-state index contributed by atoms with van der Waals surface area (Å²) >= 11 is 0. The molecule has 4 nitrogen and oxygen atoms in total. The molecule has 114 valence electrons. The van der Waals surface area contributed by atoms with Gasteiger partial charge in [-0.25, -0.2) is 4.79 Å². The lowest BCUT2D eigenvalue weighted by Gasteiger charge is -2.11. The van der Waals surface area contributed by atoms with Crippen molar-refractivity contribution < 1.29 is 27.9 Å². The van der Waals surface area contributed by atoms with Gasteiger partial charge in [-0.15, -0.1) is 0 Å². The second-order valence-corrected chi connectivity index (χ2v) is 4.38. The quantitative estimate of drug-likeness (QED) is 0.911. The molecule has 22 heavy (non-hydrogen) atoms. The molecule has 2 N–H and O–H groups in total. The molecule has 0 radical (unpaired) electrons. The largest absolute Gasteiger partial charge is 0.478 e. The molecule has 2 aromatic rings. The standard InChI is InChI=1S/C15H10F3NO3/c16-15(17,18)14(22)19-10-6-7-11(13(20)21)12(8-10)9-4-2-1-3-5-9/h1-8H,(H,19,22)(H,20,21). The van der Waals surface area contributed by atoms with Gasteiger partial charge in [0.15, 0.2) is 0 Å². The summed E-state index contributed by atoms with van der Waals surface area (Å²) in [5.41, 5.74) is 0.526. The van der Waals surface area contributed by atoms with Crippen molar-refractivity contribution in [1.82, 2.24) is 0 Å². The molecule has 0 bridgehead atoms. The molecule has 0 aliphatic carbocycles. The van der Waals surface area contributed by atoms with Crippen molar-refractivity contribution >= 4 is 17.6 Å². The number of benzene rings is 2. The van der Waals surface area contributed by atoms with Gasteiger partial charge in [0.2, 0.25) is 0 Å². The number of carbonyl (C=O) groups excluding carboxylic acids is 1. The first-order valence-electron chi connectivity index (χ1n) is 6.10. The minimum atomic E-state index is -5.02. The molecule has 0 saturated heterocycles. The van der Waals surface area contributed by atoms with Crippen molar-refractivity contribution in [2.75, 3.05) is 5.32 Å². The van der Waals surface area contributed by atoms with Crippen LogP contribution in [0.2, 0.25) is 0 Å². The maximum Gasteiger partial charge on any atom is 0.471 e. The zero-order valence-electron chi connectivity index (χ0n) is 11.0. The van der Waals surface area contributed by atoms with Gasteiger partial charge in [0.25, 0.3) is 0 Å². The van der Waals surface area contributed by atoms with Gasteiger partial charge in [-0.05, 0) is 29.3 Å². The summed E-state index contributed by atoms with van der Waals surface area (Å²) < 4.78 is 36.8. The van der Waals surface area contributed by atoms with Crippen LogP contribution >= 0.6 is 0 Å². The molecule has 2 rings (SSSR count). The molecule has 1 amide bonds. The number of hydrogen-bond donors (Lipinski definition) is 2. The average molecular weight is 309 g/mol. The Labute approximate surface area is 123 Å². The highest BCUT2D eigenvalue weighted by atomic mass is 19.4. The molecule has 2 aromatic carbocycles. The lowest BCUT2D eigenvalue weighted by Crippen LogP contribution is -2.29. The fourth-order valence-electron chi connectivity index (χ4n) is 1.87. The second-order valence-electron chi connectivity index (χ2n) is 4.38. The third-order valence-corrected chi connectivity index (χ3v) is 2.85. The van der Waals surface area contributed by atoms with Gasteiger partial charge in [0.1, 0.15) is 0 Å². The molecule has 0 atom stereocenters. The van der Waals surface area contributed by atoms with E-state index in [-0.39, 0.29) is 16.8 Å². The van der Waals surface area contributed by atoms with Crippen molar-refractivity contribution in [1.29, 1.82) is 0 Å². The van der Waals surface area contributed by atoms with Crippen LogP contribution in [-0.4, -0.2) is 23.2 Å². The number of amides is 1. The zero-order chi connectivity index (χ0) is 16.3. The number of halogens is 3. The minimum absolute atomic E-state index is 0.0730. The molecule has 7 heteroatoms. The van der Waals surface area contributed by atoms with Gasteiger partial charge in [-0.1, -0.05) is 30.3 Å². The molecular formula is C15H10F3NO3. The Bertz CT molecular complexity index is 712. The number of alkyl halides is 3. The van der Waals surface area contributed by atoms with Gasteiger partial charge in [-0.2, -0.15) is 13.2 Å². The fraction of sp³-hybridized carbons (Fsp3) is 0.0667. The first-order chi connectivity index (χ1) is 10.3. The Balaban J connectivity index is 2.45. The number of carboxylic acids is 1. The molecule has 0 saturated carbocycles. The van der Waals surface area contributed by atoms with Gasteiger partial charge in [-0.3, -0.25) is 4.79 Å². The maximum atomic E-state index is 12.3. The molecule has 0 unspecified atom stereocenters. The smallest absolute Gasteiger partial charge is 0.471 e. The number of rotatable bonds is 3. The molecule has 0 aromatic heterocycles. The lowest BCUT2D eigenvalue weighted by molar-refractivity contribution is -0.167. The van der Waals surface area contributed by atoms with Gasteiger partial charge in [0.05, 0.1) is 5.56 Å². The summed E-state index contributed by atoms with van der Waals surface area (Å²) in [4.78, 5) is 22.2. The molecule has 0 spiro atoms. The van der Waals surface area contributed by atoms with Crippen LogP contribution in [0.1, 0.15) is 10.4 Å². The van der Waals surface area contributed by atoms with E-state index in [0.717, 1.165) is 12.1 Å². The first-order valence-corrected chi connectivity index (χ1v) is 6.10. The van der Waals surface area contributed by atoms with E-state index in [9.17, 15) is 22.8 Å². The number of nitrogens with one attached hydrogen (secondary N) is 1. The third-order valence-electron chi connectivity index (χ3n) is 2.85. The van der Waals surface area contributed by atoms with Gasteiger partial charge < -0.3 is 10.4 Å². The number of aromatic carboxylic acids is 1. The second kappa shape index (κ2) is 5.88. The highest BCUT2D eigenvalue weighted by molar-refractivity contribution is 5.99. The number of hydrogen-bond acceptors (Lipinski definition) is 2. The lowest BCUT2D eigenvalue weighted by atomic mass is 9.99. The Kier molecular flexibility index (Phi) is 4.16. The van der Waals surface area contributed by atoms with Crippen LogP contribution in [0.4, 0.5) is 18.9 Å². The monoisotopic (exact) mass is 309 g/mol. The van der Waals surface area contributed by atoms with E-state index >= 15 is 0 Å². The van der Waals surface area contributed by atoms with E-state index in [4.69, 9.17) is 5.11 Å². The van der Waals surface area contributed by atoms with E-state index in [1.807, 2.05) is 0 Å². The zero-order valence-corrected chi connectivity index (χ0v) is 11.0. The summed E-state index contributed by atoms with van der Waals surface area (Å²) in [5.74, 6) is -3.33. The summed E-state index contributed by atoms with van der Waals surface area (Å²) in [7, 11) is 0. The molecule has 0 fully saturated rings. The van der Waals surface area contributed by atoms with Crippen molar-refractivity contribution in [3.8, 4) is 11.1 Å². The number of carbonyl (C=O) groups is 2. The molecular weight excluding hydrogens is 299 g/mol. The summed E-state index contributed by atoms with van der Waals surface area (Å²) in [6, 6.07) is 11.8. The summed E-state index contributed by atoms with van der Waals surface area (Å²) in [6.45, 7) is 0. The Morgan fingerprint density at radius 3 is 2.18 bits per heavy atom. The van der Waals surface area contributed by atoms with Gasteiger partial charge in [0, 0.05) is 5.69 Å². The van der Waals surface area contributed by atoms with Crippen LogP contribution in [0.15, 0.2) is 48.5 Å². The van der Waals surface area contributed by atoms with E-state index < -0.39 is 18.1 Å². The maximum absolute atomic E-state index is 12.3. The predicted molar refractivity (Wildman–Crippen MR) is 73.5 cm³/mol. The van der Waals surface area contributed by atoms with Crippen molar-refractivity contribution in [3.05, 3.63) is 54.1 Å². The summed E-state index contributed by atoms with van der Waals surface area (Å²) in [5, 5.41) is 10.9. The van der Waals surface area contributed by atoms with Crippen LogP contribution in [-0.2, 0) is 4.79 Å². The predicted octanol–water partition coefficient (Wildman–Crippen LogP) is 3.55. The van der Waals surface area contributed by atoms with E-state index in [1.54, 1.807) is 35.6 Å². The SMILES string of the molecule is O=C(O)c1ccc(NC(=O)C(F)(F)F)cc1-c1ccccc1. The van der Waals surface area contributed by atoms with Crippen molar-refractivity contribution in [2.45, 2.75) is 6.18 Å². The van der Waals surface area contributed by atoms with Crippen LogP contribution in [0.5, 0.6) is 0 Å². The summed E-state index contributed by atoms with van der Waals surface area (Å²) in [6.07, 6.45) is -5.02. The van der Waals surface area contributed by atoms with Crippen molar-refractivity contribution in [2.24, 2.45) is 0 Å². The van der Waals surface area contributed by atoms with Crippen LogP contribution in [0, 0.1) is 0 Å². The highest BCUT2D eigenvalue weighted by Gasteiger charge is 2.38. The third kappa shape index (κ3) is 3.43. The molecule has 0 aliphatic heterocycles. The van der Waals surface area contributed by atoms with E-state index in [2.05, 4.69) is 0 Å². The van der Waals surface area contributed by atoms with Crippen LogP contribution in [0.25, 0.3) is 11.1 Å². The van der Waals surface area contributed by atoms with Crippen LogP contribution < -0.4 is 5.32 Å². The Hall–Kier alpha value is -2.83. The van der Waals surface area contributed by atoms with Crippen LogP contribution in [0.3, 0.4) is 0 Å². The Morgan fingerprint density at radius 1 is 1.00 bits per heavy atom. The van der Waals surface area contributed by atoms with E-state index in [0.29, 0.717) is 5.56 Å². The topological polar surface area (TPSA) is 66.4 Å². The average Bonchev–Trinajstić information content (AvgIpc) is 2.47. The molecule has 0 heterocycles. The normalized spacial score (nSPS) is 11.0. The Morgan fingerprint density at radius 2 is 1.64 bits per heavy atom. The van der Waals surface area contributed by atoms with Gasteiger partial charge >= 0.3 is 18.1 Å². The highest BCUT2D eigenvalue weighted by Crippen LogP contribution is 2.28. The van der Waals surface area contributed by atoms with Crippen molar-refractivity contribution in [3.63, 3.8) is 0 Å². The first kappa shape index (κ1) is 15.6. The minimum Gasteiger partial charge on any atom is -0.478 e. The molecule has 0 aliphatic rings. The number of carboxylic acid groups (broad SMARTS) is 1. The number of anilines is 1. The van der Waals surface area contributed by atoms with E-state index in [1.165, 1.54) is 6.07 Å². The fourth-order valence-corrected chi connectivity index (χ4v) is 1.87.